The van der Waals surface area contributed by atoms with Gasteiger partial charge in [-0.15, -0.1) is 0 Å². The Hall–Kier alpha value is -5.87. The topological polar surface area (TPSA) is 111 Å². The van der Waals surface area contributed by atoms with Gasteiger partial charge < -0.3 is 33.3 Å². The summed E-state index contributed by atoms with van der Waals surface area (Å²) in [6, 6.07) is 0. The molecule has 9 nitrogen and oxygen atoms in total. The second-order valence-electron chi connectivity index (χ2n) is 29.0. The number of aliphatic carboxylic acids is 1. The smallest absolute Gasteiger partial charge is 0.306 e. The Labute approximate surface area is 646 Å². The minimum Gasteiger partial charge on any atom is -0.545 e. The number of carbonyl (C=O) groups is 3. The van der Waals surface area contributed by atoms with Gasteiger partial charge in [-0.25, -0.2) is 0 Å². The summed E-state index contributed by atoms with van der Waals surface area (Å²) in [7, 11) is 5.94. The Morgan fingerprint density at radius 3 is 0.762 bits per heavy atom. The first-order valence-corrected chi connectivity index (χ1v) is 42.6. The summed E-state index contributed by atoms with van der Waals surface area (Å²) in [4.78, 5) is 37.7. The van der Waals surface area contributed by atoms with Gasteiger partial charge in [-0.05, 0) is 141 Å². The van der Waals surface area contributed by atoms with Crippen LogP contribution in [0.1, 0.15) is 335 Å². The molecule has 0 radical (unpaired) electrons. The molecule has 0 aromatic rings. The van der Waals surface area contributed by atoms with Crippen molar-refractivity contribution < 1.29 is 42.9 Å². The SMILES string of the molecule is CC/C=C\C/C=C\C/C=C\C/C=C\C/C=C\C/C=C\C/C=C\C/C=C\CCCCCCCCCCCCCCCCCCC(=O)OC(COC(=O)CCCCCCCCCCCCCCCC/C=C\C/C=C\C/C=C\C/C=C\C/C=C\C/C=C\C/C=C\C/C=C\CC)COC(OCC[N+](C)(C)C)C(=O)[O-]. The number of hydrogen-bond acceptors (Lipinski definition) is 8. The van der Waals surface area contributed by atoms with Gasteiger partial charge in [-0.1, -0.05) is 375 Å². The van der Waals surface area contributed by atoms with Crippen LogP contribution in [-0.2, 0) is 33.3 Å². The Kier molecular flexibility index (Phi) is 79.1. The maximum Gasteiger partial charge on any atom is 0.306 e. The molecule has 0 spiro atoms. The van der Waals surface area contributed by atoms with Crippen LogP contribution in [0.4, 0.5) is 0 Å². The number of allylic oxidation sites excluding steroid dienone is 32. The van der Waals surface area contributed by atoms with E-state index in [1.807, 2.05) is 21.1 Å². The largest absolute Gasteiger partial charge is 0.545 e. The average molecular weight is 1450 g/mol. The third-order valence-electron chi connectivity index (χ3n) is 17.8. The summed E-state index contributed by atoms with van der Waals surface area (Å²) < 4.78 is 22.9. The molecule has 0 aliphatic carbocycles. The number of carboxylic acids is 1. The number of rotatable bonds is 77. The zero-order valence-electron chi connectivity index (χ0n) is 68.0. The number of nitrogens with zero attached hydrogens (tertiary/aromatic N) is 1. The van der Waals surface area contributed by atoms with Crippen molar-refractivity contribution in [3.63, 3.8) is 0 Å². The predicted molar refractivity (Wildman–Crippen MR) is 453 cm³/mol. The quantitative estimate of drug-likeness (QED) is 0.0195. The molecule has 0 bridgehead atoms. The summed E-state index contributed by atoms with van der Waals surface area (Å²) in [5.41, 5.74) is 0. The summed E-state index contributed by atoms with van der Waals surface area (Å²) in [5.74, 6) is -2.28. The van der Waals surface area contributed by atoms with Gasteiger partial charge in [0.15, 0.2) is 12.4 Å². The van der Waals surface area contributed by atoms with Gasteiger partial charge in [0.25, 0.3) is 0 Å². The standard InChI is InChI=1S/C96H157NO8/c1-6-8-10-12-14-16-18-20-22-24-26-28-30-32-34-36-38-40-42-44-46-47-49-51-53-55-57-59-61-63-65-67-69-71-73-75-77-79-81-83-85-87-94(99)105-92(91-104-96(95(100)101)102-89-88-97(3,4)5)90-103-93(98)86-84-82-80-78-76-74-72-70-68-66-64-62-60-58-56-54-52-50-48-45-43-41-39-37-35-33-31-29-27-25-23-21-19-17-15-13-11-9-7-2/h8-11,14-17,20-23,26-29,32-35,38-41,44-46,48-49,51-52,54,92,96H,6-7,12-13,18-19,24-25,30-31,36-37,42-43,47,50,53,55-91H2,1-5H3/b10-8-,11-9-,16-14-,17-15-,22-20-,23-21-,28-26-,29-27-,34-32-,35-33-,40-38-,41-39-,46-44-,48-45-,51-49-,54-52-. The molecule has 0 fully saturated rings. The van der Waals surface area contributed by atoms with E-state index in [0.29, 0.717) is 17.4 Å². The van der Waals surface area contributed by atoms with Crippen LogP contribution in [0.3, 0.4) is 0 Å². The second-order valence-corrected chi connectivity index (χ2v) is 29.0. The van der Waals surface area contributed by atoms with E-state index in [1.54, 1.807) is 0 Å². The molecule has 9 heteroatoms. The molecule has 0 saturated heterocycles. The van der Waals surface area contributed by atoms with Gasteiger partial charge >= 0.3 is 11.9 Å². The van der Waals surface area contributed by atoms with Crippen molar-refractivity contribution in [3.05, 3.63) is 194 Å². The Bertz CT molecular complexity index is 2450. The van der Waals surface area contributed by atoms with Gasteiger partial charge in [-0.3, -0.25) is 9.59 Å². The molecule has 0 aliphatic heterocycles. The summed E-state index contributed by atoms with van der Waals surface area (Å²) in [5, 5.41) is 11.9. The van der Waals surface area contributed by atoms with E-state index in [2.05, 4.69) is 208 Å². The van der Waals surface area contributed by atoms with Gasteiger partial charge in [0.1, 0.15) is 13.2 Å². The van der Waals surface area contributed by atoms with Crippen LogP contribution in [0.25, 0.3) is 0 Å². The Balaban J connectivity index is 4.05. The molecule has 0 amide bonds. The van der Waals surface area contributed by atoms with Crippen LogP contribution < -0.4 is 5.11 Å². The first-order chi connectivity index (χ1) is 51.6. The highest BCUT2D eigenvalue weighted by molar-refractivity contribution is 5.70. The summed E-state index contributed by atoms with van der Waals surface area (Å²) in [6.45, 7) is 4.53. The number of hydrogen-bond donors (Lipinski definition) is 0. The molecule has 0 heterocycles. The fraction of sp³-hybridized carbons (Fsp3) is 0.635. The number of unbranched alkanes of at least 4 members (excludes halogenated alkanes) is 30. The first-order valence-electron chi connectivity index (χ1n) is 42.6. The number of ether oxygens (including phenoxy) is 4. The normalized spacial score (nSPS) is 13.6. The molecule has 2 atom stereocenters. The van der Waals surface area contributed by atoms with Crippen LogP contribution in [0.15, 0.2) is 194 Å². The van der Waals surface area contributed by atoms with Gasteiger partial charge in [0, 0.05) is 12.8 Å². The molecule has 594 valence electrons. The monoisotopic (exact) mass is 1450 g/mol. The van der Waals surface area contributed by atoms with Crippen molar-refractivity contribution >= 4 is 17.9 Å². The zero-order valence-corrected chi connectivity index (χ0v) is 68.0. The second kappa shape index (κ2) is 83.8. The van der Waals surface area contributed by atoms with Gasteiger partial charge in [0.05, 0.1) is 40.3 Å². The summed E-state index contributed by atoms with van der Waals surface area (Å²) in [6.07, 6.45) is 126. The number of esters is 2. The van der Waals surface area contributed by atoms with E-state index in [-0.39, 0.29) is 38.6 Å². The molecule has 0 aromatic carbocycles. The van der Waals surface area contributed by atoms with Crippen molar-refractivity contribution in [2.45, 2.75) is 347 Å². The van der Waals surface area contributed by atoms with Crippen molar-refractivity contribution in [2.75, 3.05) is 47.5 Å². The van der Waals surface area contributed by atoms with Crippen LogP contribution in [0.5, 0.6) is 0 Å². The van der Waals surface area contributed by atoms with Crippen LogP contribution in [0.2, 0.25) is 0 Å². The third kappa shape index (κ3) is 85.3. The molecule has 2 unspecified atom stereocenters. The Morgan fingerprint density at radius 2 is 0.514 bits per heavy atom. The predicted octanol–water partition coefficient (Wildman–Crippen LogP) is 26.7. The number of quaternary nitrogens is 1. The molecule has 105 heavy (non-hydrogen) atoms. The lowest BCUT2D eigenvalue weighted by Gasteiger charge is -2.26. The highest BCUT2D eigenvalue weighted by Crippen LogP contribution is 2.18. The molecular weight excluding hydrogens is 1300 g/mol. The third-order valence-corrected chi connectivity index (χ3v) is 17.8. The van der Waals surface area contributed by atoms with Crippen molar-refractivity contribution in [1.82, 2.24) is 0 Å². The fourth-order valence-corrected chi connectivity index (χ4v) is 11.5. The lowest BCUT2D eigenvalue weighted by Crippen LogP contribution is -2.44. The molecule has 0 aliphatic rings. The van der Waals surface area contributed by atoms with Crippen LogP contribution in [-0.4, -0.2) is 82.3 Å². The van der Waals surface area contributed by atoms with Crippen molar-refractivity contribution in [2.24, 2.45) is 0 Å². The minimum atomic E-state index is -1.63. The fourth-order valence-electron chi connectivity index (χ4n) is 11.5. The van der Waals surface area contributed by atoms with Crippen LogP contribution in [0, 0.1) is 0 Å². The number of carbonyl (C=O) groups excluding carboxylic acids is 3. The molecule has 0 N–H and O–H groups in total. The molecule has 0 rings (SSSR count). The molecule has 0 aromatic heterocycles. The van der Waals surface area contributed by atoms with Crippen molar-refractivity contribution in [1.29, 1.82) is 0 Å². The number of carboxylic acid groups (broad SMARTS) is 1. The van der Waals surface area contributed by atoms with Crippen LogP contribution >= 0.6 is 0 Å². The highest BCUT2D eigenvalue weighted by Gasteiger charge is 2.22. The minimum absolute atomic E-state index is 0.141. The average Bonchev–Trinajstić information content (AvgIpc) is 1.18. The summed E-state index contributed by atoms with van der Waals surface area (Å²) >= 11 is 0. The number of likely N-dealkylation sites (N-methyl/N-ethyl adjacent to an activating group) is 1. The van der Waals surface area contributed by atoms with E-state index in [4.69, 9.17) is 18.9 Å². The lowest BCUT2D eigenvalue weighted by molar-refractivity contribution is -0.870. The van der Waals surface area contributed by atoms with E-state index in [1.165, 1.54) is 161 Å². The lowest BCUT2D eigenvalue weighted by atomic mass is 10.0. The first kappa shape index (κ1) is 99.1. The van der Waals surface area contributed by atoms with E-state index >= 15 is 0 Å². The Morgan fingerprint density at radius 1 is 0.286 bits per heavy atom. The van der Waals surface area contributed by atoms with E-state index < -0.39 is 24.3 Å². The van der Waals surface area contributed by atoms with Crippen molar-refractivity contribution in [3.8, 4) is 0 Å². The zero-order chi connectivity index (χ0) is 76.0. The van der Waals surface area contributed by atoms with E-state index in [9.17, 15) is 19.5 Å². The van der Waals surface area contributed by atoms with Gasteiger partial charge in [-0.2, -0.15) is 0 Å². The molecule has 0 saturated carbocycles. The molecular formula is C96H157NO8. The van der Waals surface area contributed by atoms with E-state index in [0.717, 1.165) is 141 Å². The highest BCUT2D eigenvalue weighted by atomic mass is 16.7. The van der Waals surface area contributed by atoms with Gasteiger partial charge in [0.2, 0.25) is 0 Å². The maximum atomic E-state index is 13.0. The maximum absolute atomic E-state index is 13.0.